The predicted molar refractivity (Wildman–Crippen MR) is 156 cm³/mol. The fourth-order valence-corrected chi connectivity index (χ4v) is 8.83. The van der Waals surface area contributed by atoms with Crippen molar-refractivity contribution < 1.29 is 66.7 Å². The van der Waals surface area contributed by atoms with E-state index >= 15 is 4.79 Å². The molecule has 14 nitrogen and oxygen atoms in total. The number of carbonyl (C=O) groups is 6. The monoisotopic (exact) mass is 660 g/mol. The van der Waals surface area contributed by atoms with Crippen LogP contribution >= 0.6 is 0 Å². The van der Waals surface area contributed by atoms with Gasteiger partial charge in [0.2, 0.25) is 6.10 Å². The molecule has 1 N–H and O–H groups in total. The number of esters is 5. The lowest BCUT2D eigenvalue weighted by Gasteiger charge is -2.62. The molecule has 4 fully saturated rings. The second kappa shape index (κ2) is 11.3. The van der Waals surface area contributed by atoms with Gasteiger partial charge in [-0.15, -0.1) is 0 Å². The Bertz CT molecular complexity index is 1530. The van der Waals surface area contributed by atoms with Crippen molar-refractivity contribution in [2.75, 3.05) is 7.11 Å². The van der Waals surface area contributed by atoms with Crippen molar-refractivity contribution in [1.82, 2.24) is 0 Å². The van der Waals surface area contributed by atoms with Gasteiger partial charge in [0.1, 0.15) is 23.6 Å². The van der Waals surface area contributed by atoms with Gasteiger partial charge in [-0.25, -0.2) is 4.79 Å². The predicted octanol–water partition coefficient (Wildman–Crippen LogP) is 2.16. The number of fused-ring (bicyclic) bond motifs is 2. The second-order valence-electron chi connectivity index (χ2n) is 13.7. The molecule has 4 aliphatic rings. The molecule has 0 aromatic carbocycles. The minimum absolute atomic E-state index is 0.0900. The molecule has 1 aromatic rings. The Morgan fingerprint density at radius 1 is 0.979 bits per heavy atom. The van der Waals surface area contributed by atoms with E-state index in [2.05, 4.69) is 6.58 Å². The fraction of sp³-hybridized carbons (Fsp3) is 0.636. The zero-order valence-corrected chi connectivity index (χ0v) is 27.5. The van der Waals surface area contributed by atoms with Crippen LogP contribution in [0.25, 0.3) is 0 Å². The SMILES string of the molecule is C=C1C2C(=O)C3(C)C(OC14C(OC(C)=O)C(=O)OC(c1ccco1)C4(C)C2O)C(OC(C)=O)C(OC(C)=O)C(C)(C)C3CC(=O)OC. The van der Waals surface area contributed by atoms with Gasteiger partial charge in [-0.05, 0) is 37.5 Å². The molecular formula is C33H40O14. The highest BCUT2D eigenvalue weighted by Crippen LogP contribution is 2.70. The van der Waals surface area contributed by atoms with E-state index in [4.69, 9.17) is 32.8 Å². The summed E-state index contributed by atoms with van der Waals surface area (Å²) in [6.07, 6.45) is -8.37. The minimum Gasteiger partial charge on any atom is -0.469 e. The van der Waals surface area contributed by atoms with Crippen LogP contribution in [0.5, 0.6) is 0 Å². The normalized spacial score (nSPS) is 40.2. The van der Waals surface area contributed by atoms with Gasteiger partial charge in [-0.3, -0.25) is 24.0 Å². The summed E-state index contributed by atoms with van der Waals surface area (Å²) < 4.78 is 40.6. The first-order chi connectivity index (χ1) is 21.8. The summed E-state index contributed by atoms with van der Waals surface area (Å²) in [5.74, 6) is -7.29. The summed E-state index contributed by atoms with van der Waals surface area (Å²) in [4.78, 5) is 79.9. The molecule has 11 atom stereocenters. The van der Waals surface area contributed by atoms with Gasteiger partial charge in [-0.2, -0.15) is 0 Å². The molecule has 14 heteroatoms. The minimum atomic E-state index is -2.20. The maximum atomic E-state index is 15.2. The first kappa shape index (κ1) is 34.3. The number of cyclic esters (lactones) is 1. The molecule has 1 spiro atoms. The van der Waals surface area contributed by atoms with E-state index < -0.39 is 106 Å². The van der Waals surface area contributed by atoms with Crippen molar-refractivity contribution in [3.8, 4) is 0 Å². The average molecular weight is 661 g/mol. The lowest BCUT2D eigenvalue weighted by atomic mass is 9.49. The largest absolute Gasteiger partial charge is 0.469 e. The van der Waals surface area contributed by atoms with Crippen LogP contribution in [-0.4, -0.2) is 84.0 Å². The number of ketones is 1. The number of methoxy groups -OCH3 is 1. The Hall–Kier alpha value is -4.04. The maximum Gasteiger partial charge on any atom is 0.351 e. The summed E-state index contributed by atoms with van der Waals surface area (Å²) in [6, 6.07) is 3.05. The van der Waals surface area contributed by atoms with E-state index in [0.717, 1.165) is 20.8 Å². The van der Waals surface area contributed by atoms with Crippen LogP contribution in [0, 0.1) is 28.1 Å². The van der Waals surface area contributed by atoms with Crippen LogP contribution in [0.15, 0.2) is 35.0 Å². The van der Waals surface area contributed by atoms with Crippen molar-refractivity contribution in [2.45, 2.75) is 97.1 Å². The van der Waals surface area contributed by atoms with Crippen LogP contribution < -0.4 is 0 Å². The van der Waals surface area contributed by atoms with E-state index in [0.29, 0.717) is 0 Å². The molecule has 2 saturated heterocycles. The van der Waals surface area contributed by atoms with E-state index in [1.165, 1.54) is 39.4 Å². The van der Waals surface area contributed by atoms with Gasteiger partial charge in [0.15, 0.2) is 18.0 Å². The highest BCUT2D eigenvalue weighted by atomic mass is 16.6. The van der Waals surface area contributed by atoms with E-state index in [-0.39, 0.29) is 17.8 Å². The fourth-order valence-electron chi connectivity index (χ4n) is 8.83. The number of hydrogen-bond acceptors (Lipinski definition) is 14. The smallest absolute Gasteiger partial charge is 0.351 e. The topological polar surface area (TPSA) is 191 Å². The van der Waals surface area contributed by atoms with Crippen LogP contribution in [0.1, 0.15) is 66.8 Å². The summed E-state index contributed by atoms with van der Waals surface area (Å²) in [5.41, 5.74) is -7.16. The highest BCUT2D eigenvalue weighted by Gasteiger charge is 2.83. The Morgan fingerprint density at radius 3 is 2.13 bits per heavy atom. The van der Waals surface area contributed by atoms with Crippen LogP contribution in [0.4, 0.5) is 0 Å². The molecule has 0 radical (unpaired) electrons. The van der Waals surface area contributed by atoms with Crippen LogP contribution in [-0.2, 0) is 57.2 Å². The first-order valence-corrected chi connectivity index (χ1v) is 15.2. The molecule has 1 aromatic heterocycles. The summed E-state index contributed by atoms with van der Waals surface area (Å²) in [7, 11) is 1.18. The van der Waals surface area contributed by atoms with Gasteiger partial charge in [0.05, 0.1) is 42.6 Å². The molecule has 2 saturated carbocycles. The quantitative estimate of drug-likeness (QED) is 0.265. The molecule has 2 aliphatic heterocycles. The third kappa shape index (κ3) is 4.58. The van der Waals surface area contributed by atoms with Crippen molar-refractivity contribution in [2.24, 2.45) is 28.1 Å². The molecule has 5 rings (SSSR count). The number of hydrogen-bond donors (Lipinski definition) is 1. The molecule has 0 amide bonds. The van der Waals surface area contributed by atoms with E-state index in [1.54, 1.807) is 13.8 Å². The third-order valence-corrected chi connectivity index (χ3v) is 10.9. The number of furan rings is 1. The van der Waals surface area contributed by atoms with Crippen molar-refractivity contribution in [3.05, 3.63) is 36.3 Å². The molecule has 256 valence electrons. The Morgan fingerprint density at radius 2 is 1.60 bits per heavy atom. The van der Waals surface area contributed by atoms with Gasteiger partial charge >= 0.3 is 29.8 Å². The molecule has 47 heavy (non-hydrogen) atoms. The zero-order chi connectivity index (χ0) is 35.0. The lowest BCUT2D eigenvalue weighted by molar-refractivity contribution is -0.317. The number of ether oxygens (including phenoxy) is 6. The highest BCUT2D eigenvalue weighted by molar-refractivity contribution is 5.95. The van der Waals surface area contributed by atoms with Gasteiger partial charge in [0, 0.05) is 26.2 Å². The van der Waals surface area contributed by atoms with Crippen LogP contribution in [0.2, 0.25) is 0 Å². The number of carbonyl (C=O) groups excluding carboxylic acids is 6. The molecule has 2 bridgehead atoms. The van der Waals surface area contributed by atoms with Crippen molar-refractivity contribution >= 4 is 35.6 Å². The van der Waals surface area contributed by atoms with Crippen LogP contribution in [0.3, 0.4) is 0 Å². The molecular weight excluding hydrogens is 620 g/mol. The number of rotatable bonds is 6. The first-order valence-electron chi connectivity index (χ1n) is 15.2. The van der Waals surface area contributed by atoms with Gasteiger partial charge in [0.25, 0.3) is 0 Å². The summed E-state index contributed by atoms with van der Waals surface area (Å²) in [5, 5.41) is 12.3. The average Bonchev–Trinajstić information content (AvgIpc) is 3.55. The third-order valence-electron chi connectivity index (χ3n) is 10.9. The standard InChI is InChI=1S/C33H40O14/c1-14-21-23(38)31(7)19(13-20(37)41-9)30(5,6)26(44-16(3)35)22(43-15(2)34)27(31)47-33(14)28(45-17(4)36)29(40)46-25(18-11-10-12-42-18)32(33,8)24(21)39/h10-12,19,21-22,24-28,39H,1,13H2,2-9H3. The zero-order valence-electron chi connectivity index (χ0n) is 27.5. The van der Waals surface area contributed by atoms with Crippen molar-refractivity contribution in [1.29, 1.82) is 0 Å². The van der Waals surface area contributed by atoms with Gasteiger partial charge < -0.3 is 37.9 Å². The molecule has 11 unspecified atom stereocenters. The van der Waals surface area contributed by atoms with E-state index in [9.17, 15) is 29.1 Å². The Labute approximate surface area is 271 Å². The Balaban J connectivity index is 1.86. The second-order valence-corrected chi connectivity index (χ2v) is 13.7. The lowest BCUT2D eigenvalue weighted by Crippen LogP contribution is -2.74. The summed E-state index contributed by atoms with van der Waals surface area (Å²) >= 11 is 0. The Kier molecular flexibility index (Phi) is 8.24. The maximum absolute atomic E-state index is 15.2. The van der Waals surface area contributed by atoms with E-state index in [1.807, 2.05) is 0 Å². The van der Waals surface area contributed by atoms with Crippen molar-refractivity contribution in [3.63, 3.8) is 0 Å². The van der Waals surface area contributed by atoms with Gasteiger partial charge in [-0.1, -0.05) is 20.4 Å². The molecule has 2 aliphatic carbocycles. The molecule has 3 heterocycles. The number of Topliss-reactive ketones (excluding diaryl/α,β-unsaturated/α-hetero) is 1. The number of aliphatic hydroxyl groups is 1. The number of aliphatic hydroxyl groups excluding tert-OH is 1. The summed E-state index contributed by atoms with van der Waals surface area (Å²) in [6.45, 7) is 13.8.